The molecule has 90 valence electrons. The molecule has 1 saturated heterocycles. The third-order valence-electron chi connectivity index (χ3n) is 2.75. The largest absolute Gasteiger partial charge is 0.314 e. The predicted octanol–water partition coefficient (Wildman–Crippen LogP) is 3.16. The summed E-state index contributed by atoms with van der Waals surface area (Å²) in [6.07, 6.45) is 0. The third kappa shape index (κ3) is 2.94. The number of hydrogen-bond acceptors (Lipinski definition) is 5. The molecule has 3 atom stereocenters. The van der Waals surface area contributed by atoms with Crippen LogP contribution in [0.3, 0.4) is 0 Å². The lowest BCUT2D eigenvalue weighted by molar-refractivity contribution is 0.790. The van der Waals surface area contributed by atoms with Crippen molar-refractivity contribution < 1.29 is 0 Å². The van der Waals surface area contributed by atoms with Crippen LogP contribution in [-0.2, 0) is 6.54 Å². The summed E-state index contributed by atoms with van der Waals surface area (Å²) in [7, 11) is 1.97. The Balaban J connectivity index is 2.01. The van der Waals surface area contributed by atoms with Gasteiger partial charge in [-0.05, 0) is 7.05 Å². The Morgan fingerprint density at radius 3 is 2.94 bits per heavy atom. The molecule has 1 aliphatic heterocycles. The highest BCUT2D eigenvalue weighted by Crippen LogP contribution is 2.44. The zero-order valence-electron chi connectivity index (χ0n) is 9.90. The van der Waals surface area contributed by atoms with E-state index in [2.05, 4.69) is 48.1 Å². The van der Waals surface area contributed by atoms with Crippen LogP contribution >= 0.6 is 34.9 Å². The van der Waals surface area contributed by atoms with Gasteiger partial charge in [0.2, 0.25) is 0 Å². The van der Waals surface area contributed by atoms with Crippen molar-refractivity contribution in [1.29, 1.82) is 0 Å². The van der Waals surface area contributed by atoms with Gasteiger partial charge in [0.1, 0.15) is 5.01 Å². The highest BCUT2D eigenvalue weighted by atomic mass is 32.2. The van der Waals surface area contributed by atoms with E-state index in [9.17, 15) is 0 Å². The normalized spacial score (nSPS) is 30.6. The fourth-order valence-corrected chi connectivity index (χ4v) is 5.68. The lowest BCUT2D eigenvalue weighted by Crippen LogP contribution is -2.21. The van der Waals surface area contributed by atoms with Crippen LogP contribution in [-0.4, -0.2) is 28.3 Å². The number of nitrogens with one attached hydrogen (secondary N) is 1. The molecule has 0 amide bonds. The molecule has 3 unspecified atom stereocenters. The summed E-state index contributed by atoms with van der Waals surface area (Å²) in [5.41, 5.74) is 1.18. The summed E-state index contributed by atoms with van der Waals surface area (Å²) in [6, 6.07) is 0. The molecule has 1 aromatic heterocycles. The lowest BCUT2D eigenvalue weighted by Gasteiger charge is -2.30. The monoisotopic (exact) mass is 274 g/mol. The first-order chi connectivity index (χ1) is 7.70. The molecule has 0 radical (unpaired) electrons. The maximum atomic E-state index is 4.70. The summed E-state index contributed by atoms with van der Waals surface area (Å²) in [5, 5.41) is 8.75. The summed E-state index contributed by atoms with van der Waals surface area (Å²) in [6.45, 7) is 5.54. The fourth-order valence-electron chi connectivity index (χ4n) is 1.65. The molecule has 0 bridgehead atoms. The van der Waals surface area contributed by atoms with E-state index in [1.165, 1.54) is 16.5 Å². The minimum absolute atomic E-state index is 0.604. The highest BCUT2D eigenvalue weighted by molar-refractivity contribution is 8.07. The van der Waals surface area contributed by atoms with Gasteiger partial charge in [-0.25, -0.2) is 4.98 Å². The van der Waals surface area contributed by atoms with Gasteiger partial charge >= 0.3 is 0 Å². The van der Waals surface area contributed by atoms with Gasteiger partial charge in [0.25, 0.3) is 0 Å². The van der Waals surface area contributed by atoms with Crippen molar-refractivity contribution in [1.82, 2.24) is 10.3 Å². The third-order valence-corrected chi connectivity index (χ3v) is 7.31. The van der Waals surface area contributed by atoms with Gasteiger partial charge < -0.3 is 5.32 Å². The van der Waals surface area contributed by atoms with Crippen LogP contribution in [0.25, 0.3) is 0 Å². The number of hydrogen-bond donors (Lipinski definition) is 1. The van der Waals surface area contributed by atoms with Gasteiger partial charge in [0, 0.05) is 28.2 Å². The molecule has 2 heterocycles. The quantitative estimate of drug-likeness (QED) is 0.915. The van der Waals surface area contributed by atoms with E-state index >= 15 is 0 Å². The van der Waals surface area contributed by atoms with Crippen molar-refractivity contribution in [3.05, 3.63) is 16.1 Å². The first-order valence-corrected chi connectivity index (χ1v) is 8.43. The number of rotatable bonds is 3. The number of nitrogens with zero attached hydrogens (tertiary/aromatic N) is 1. The molecular formula is C11H18N2S3. The molecule has 16 heavy (non-hydrogen) atoms. The zero-order valence-corrected chi connectivity index (χ0v) is 12.3. The summed E-state index contributed by atoms with van der Waals surface area (Å²) in [4.78, 5) is 4.70. The SMILES string of the molecule is CNCc1csc(C2CSC(C)C(C)S2)n1. The predicted molar refractivity (Wildman–Crippen MR) is 76.6 cm³/mol. The first kappa shape index (κ1) is 12.7. The van der Waals surface area contributed by atoms with Crippen LogP contribution in [0.1, 0.15) is 29.8 Å². The Morgan fingerprint density at radius 1 is 1.44 bits per heavy atom. The fraction of sp³-hybridized carbons (Fsp3) is 0.727. The summed E-state index contributed by atoms with van der Waals surface area (Å²) in [5.74, 6) is 1.21. The van der Waals surface area contributed by atoms with Crippen LogP contribution in [0.15, 0.2) is 5.38 Å². The van der Waals surface area contributed by atoms with E-state index in [1.807, 2.05) is 18.4 Å². The van der Waals surface area contributed by atoms with Crippen molar-refractivity contribution in [2.24, 2.45) is 0 Å². The van der Waals surface area contributed by atoms with Crippen molar-refractivity contribution in [3.8, 4) is 0 Å². The molecule has 2 nitrogen and oxygen atoms in total. The smallest absolute Gasteiger partial charge is 0.107 e. The lowest BCUT2D eigenvalue weighted by atomic mass is 10.4. The summed E-state index contributed by atoms with van der Waals surface area (Å²) < 4.78 is 0. The standard InChI is InChI=1S/C11H18N2S3/c1-7-8(2)16-10(6-14-7)11-13-9(4-12-3)5-15-11/h5,7-8,10,12H,4,6H2,1-3H3. The second-order valence-electron chi connectivity index (χ2n) is 4.08. The molecule has 1 fully saturated rings. The Labute approximate surface area is 110 Å². The van der Waals surface area contributed by atoms with Crippen LogP contribution in [0, 0.1) is 0 Å². The Hall–Kier alpha value is 0.290. The Kier molecular flexibility index (Phi) is 4.58. The molecule has 0 aromatic carbocycles. The van der Waals surface area contributed by atoms with Gasteiger partial charge in [0.15, 0.2) is 0 Å². The highest BCUT2D eigenvalue weighted by Gasteiger charge is 2.28. The molecule has 2 rings (SSSR count). The van der Waals surface area contributed by atoms with Crippen molar-refractivity contribution >= 4 is 34.9 Å². The average molecular weight is 274 g/mol. The molecular weight excluding hydrogens is 256 g/mol. The number of aromatic nitrogens is 1. The minimum atomic E-state index is 0.604. The number of thioether (sulfide) groups is 2. The van der Waals surface area contributed by atoms with Gasteiger partial charge in [-0.1, -0.05) is 13.8 Å². The van der Waals surface area contributed by atoms with Crippen LogP contribution in [0.5, 0.6) is 0 Å². The maximum absolute atomic E-state index is 4.70. The average Bonchev–Trinajstić information content (AvgIpc) is 2.71. The molecule has 0 saturated carbocycles. The second-order valence-corrected chi connectivity index (χ2v) is 7.96. The molecule has 1 N–H and O–H groups in total. The second kappa shape index (κ2) is 5.76. The first-order valence-electron chi connectivity index (χ1n) is 5.56. The van der Waals surface area contributed by atoms with E-state index in [0.29, 0.717) is 5.25 Å². The molecule has 1 aromatic rings. The molecule has 0 aliphatic carbocycles. The summed E-state index contributed by atoms with van der Waals surface area (Å²) >= 11 is 5.98. The Bertz CT molecular complexity index is 340. The zero-order chi connectivity index (χ0) is 11.5. The van der Waals surface area contributed by atoms with E-state index in [0.717, 1.165) is 17.0 Å². The van der Waals surface area contributed by atoms with Crippen molar-refractivity contribution in [3.63, 3.8) is 0 Å². The molecule has 5 heteroatoms. The van der Waals surface area contributed by atoms with E-state index < -0.39 is 0 Å². The van der Waals surface area contributed by atoms with Gasteiger partial charge in [-0.2, -0.15) is 11.8 Å². The molecule has 1 aliphatic rings. The van der Waals surface area contributed by atoms with Crippen molar-refractivity contribution in [2.45, 2.75) is 36.1 Å². The van der Waals surface area contributed by atoms with E-state index in [1.54, 1.807) is 0 Å². The number of thiazole rings is 1. The van der Waals surface area contributed by atoms with Crippen molar-refractivity contribution in [2.75, 3.05) is 12.8 Å². The maximum Gasteiger partial charge on any atom is 0.107 e. The topological polar surface area (TPSA) is 24.9 Å². The van der Waals surface area contributed by atoms with E-state index in [-0.39, 0.29) is 0 Å². The van der Waals surface area contributed by atoms with Crippen LogP contribution in [0.2, 0.25) is 0 Å². The van der Waals surface area contributed by atoms with Crippen LogP contribution < -0.4 is 5.32 Å². The van der Waals surface area contributed by atoms with Crippen LogP contribution in [0.4, 0.5) is 0 Å². The van der Waals surface area contributed by atoms with E-state index in [4.69, 9.17) is 4.98 Å². The minimum Gasteiger partial charge on any atom is -0.314 e. The Morgan fingerprint density at radius 2 is 2.25 bits per heavy atom. The van der Waals surface area contributed by atoms with Gasteiger partial charge in [0.05, 0.1) is 10.9 Å². The van der Waals surface area contributed by atoms with Gasteiger partial charge in [-0.3, -0.25) is 0 Å². The molecule has 0 spiro atoms. The van der Waals surface area contributed by atoms with Gasteiger partial charge in [-0.15, -0.1) is 23.1 Å².